The summed E-state index contributed by atoms with van der Waals surface area (Å²) >= 11 is 0. The van der Waals surface area contributed by atoms with Crippen LogP contribution < -0.4 is 0 Å². The lowest BCUT2D eigenvalue weighted by molar-refractivity contribution is -0.149. The molecule has 2 nitrogen and oxygen atoms in total. The van der Waals surface area contributed by atoms with E-state index in [0.29, 0.717) is 13.2 Å². The van der Waals surface area contributed by atoms with E-state index in [0.717, 1.165) is 12.0 Å². The topological polar surface area (TPSA) is 18.5 Å². The molecule has 1 fully saturated rings. The van der Waals surface area contributed by atoms with Crippen LogP contribution in [0.5, 0.6) is 0 Å². The fraction of sp³-hybridized carbons (Fsp3) is 0.385. The Hall–Kier alpha value is -1.12. The maximum atomic E-state index is 5.58. The van der Waals surface area contributed by atoms with Crippen LogP contribution in [0, 0.1) is 0 Å². The highest BCUT2D eigenvalue weighted by Crippen LogP contribution is 2.30. The van der Waals surface area contributed by atoms with Gasteiger partial charge in [0, 0.05) is 5.56 Å². The van der Waals surface area contributed by atoms with Crippen LogP contribution in [0.25, 0.3) is 0 Å². The van der Waals surface area contributed by atoms with Gasteiger partial charge in [0.25, 0.3) is 0 Å². The molecule has 2 rings (SSSR count). The molecule has 1 heterocycles. The van der Waals surface area contributed by atoms with Gasteiger partial charge in [-0.25, -0.2) is 0 Å². The van der Waals surface area contributed by atoms with Gasteiger partial charge in [0.05, 0.1) is 13.2 Å². The molecular formula is C13H16O2. The predicted octanol–water partition coefficient (Wildman–Crippen LogP) is 2.63. The first-order valence-corrected chi connectivity index (χ1v) is 5.23. The zero-order chi connectivity index (χ0) is 10.7. The van der Waals surface area contributed by atoms with Crippen LogP contribution in [-0.4, -0.2) is 13.2 Å². The Balaban J connectivity index is 2.19. The Kier molecular flexibility index (Phi) is 2.89. The van der Waals surface area contributed by atoms with Crippen molar-refractivity contribution in [2.45, 2.75) is 19.1 Å². The summed E-state index contributed by atoms with van der Waals surface area (Å²) in [4.78, 5) is 0. The van der Waals surface area contributed by atoms with Gasteiger partial charge in [-0.1, -0.05) is 30.3 Å². The second kappa shape index (κ2) is 4.17. The summed E-state index contributed by atoms with van der Waals surface area (Å²) in [5.41, 5.74) is 2.34. The molecule has 1 aliphatic heterocycles. The summed E-state index contributed by atoms with van der Waals surface area (Å²) in [5, 5.41) is 0. The smallest absolute Gasteiger partial charge is 0.192 e. The third-order valence-corrected chi connectivity index (χ3v) is 2.70. The van der Waals surface area contributed by atoms with Gasteiger partial charge in [-0.05, 0) is 18.9 Å². The quantitative estimate of drug-likeness (QED) is 0.705. The van der Waals surface area contributed by atoms with Crippen LogP contribution in [-0.2, 0) is 21.7 Å². The highest BCUT2D eigenvalue weighted by atomic mass is 16.7. The number of benzene rings is 1. The summed E-state index contributed by atoms with van der Waals surface area (Å²) in [5.74, 6) is -0.549. The van der Waals surface area contributed by atoms with Crippen LogP contribution in [0.2, 0.25) is 0 Å². The summed E-state index contributed by atoms with van der Waals surface area (Å²) in [6.45, 7) is 7.02. The minimum absolute atomic E-state index is 0.549. The van der Waals surface area contributed by atoms with Crippen LogP contribution in [0.1, 0.15) is 18.1 Å². The number of hydrogen-bond donors (Lipinski definition) is 0. The van der Waals surface area contributed by atoms with E-state index in [4.69, 9.17) is 9.47 Å². The molecule has 0 unspecified atom stereocenters. The largest absolute Gasteiger partial charge is 0.344 e. The first-order valence-electron chi connectivity index (χ1n) is 5.23. The van der Waals surface area contributed by atoms with Crippen molar-refractivity contribution in [1.29, 1.82) is 0 Å². The third kappa shape index (κ3) is 2.11. The molecule has 0 atom stereocenters. The molecule has 0 aliphatic carbocycles. The van der Waals surface area contributed by atoms with Crippen LogP contribution in [0.4, 0.5) is 0 Å². The second-order valence-electron chi connectivity index (χ2n) is 3.83. The summed E-state index contributed by atoms with van der Waals surface area (Å²) in [6, 6.07) is 8.30. The molecule has 0 radical (unpaired) electrons. The molecule has 1 saturated heterocycles. The van der Waals surface area contributed by atoms with Gasteiger partial charge in [-0.2, -0.15) is 0 Å². The molecule has 1 aromatic rings. The Labute approximate surface area is 90.5 Å². The highest BCUT2D eigenvalue weighted by Gasteiger charge is 2.32. The molecule has 0 aromatic heterocycles. The van der Waals surface area contributed by atoms with E-state index in [1.807, 2.05) is 13.0 Å². The van der Waals surface area contributed by atoms with Gasteiger partial charge in [-0.15, -0.1) is 6.58 Å². The summed E-state index contributed by atoms with van der Waals surface area (Å²) in [6.07, 6.45) is 2.80. The van der Waals surface area contributed by atoms with Crippen LogP contribution in [0.3, 0.4) is 0 Å². The molecule has 15 heavy (non-hydrogen) atoms. The minimum Gasteiger partial charge on any atom is -0.344 e. The van der Waals surface area contributed by atoms with Crippen LogP contribution in [0.15, 0.2) is 36.9 Å². The van der Waals surface area contributed by atoms with Crippen molar-refractivity contribution in [3.8, 4) is 0 Å². The normalized spacial score (nSPS) is 19.0. The lowest BCUT2D eigenvalue weighted by atomic mass is 10.0. The Morgan fingerprint density at radius 1 is 1.27 bits per heavy atom. The molecular weight excluding hydrogens is 188 g/mol. The number of allylic oxidation sites excluding steroid dienone is 1. The maximum Gasteiger partial charge on any atom is 0.192 e. The zero-order valence-corrected chi connectivity index (χ0v) is 9.03. The lowest BCUT2D eigenvalue weighted by Crippen LogP contribution is -2.22. The first-order chi connectivity index (χ1) is 7.24. The average molecular weight is 204 g/mol. The molecule has 0 spiro atoms. The molecule has 0 N–H and O–H groups in total. The van der Waals surface area contributed by atoms with Crippen molar-refractivity contribution < 1.29 is 9.47 Å². The van der Waals surface area contributed by atoms with Crippen molar-refractivity contribution in [2.24, 2.45) is 0 Å². The summed E-state index contributed by atoms with van der Waals surface area (Å²) in [7, 11) is 0. The van der Waals surface area contributed by atoms with Crippen molar-refractivity contribution in [3.63, 3.8) is 0 Å². The number of rotatable bonds is 3. The van der Waals surface area contributed by atoms with Crippen molar-refractivity contribution in [2.75, 3.05) is 13.2 Å². The molecule has 1 aromatic carbocycles. The van der Waals surface area contributed by atoms with Crippen LogP contribution >= 0.6 is 0 Å². The van der Waals surface area contributed by atoms with E-state index in [9.17, 15) is 0 Å². The molecule has 2 heteroatoms. The van der Waals surface area contributed by atoms with Gasteiger partial charge < -0.3 is 9.47 Å². The fourth-order valence-electron chi connectivity index (χ4n) is 1.79. The minimum atomic E-state index is -0.549. The van der Waals surface area contributed by atoms with E-state index in [1.165, 1.54) is 5.56 Å². The molecule has 0 amide bonds. The van der Waals surface area contributed by atoms with E-state index in [2.05, 4.69) is 30.8 Å². The molecule has 1 aliphatic rings. The van der Waals surface area contributed by atoms with E-state index >= 15 is 0 Å². The first kappa shape index (κ1) is 10.4. The Morgan fingerprint density at radius 2 is 1.87 bits per heavy atom. The SMILES string of the molecule is C=CCc1ccc(C2(C)OCCO2)cc1. The van der Waals surface area contributed by atoms with Gasteiger partial charge >= 0.3 is 0 Å². The molecule has 0 bridgehead atoms. The molecule has 80 valence electrons. The Bertz CT molecular complexity index is 334. The lowest BCUT2D eigenvalue weighted by Gasteiger charge is -2.22. The average Bonchev–Trinajstić information content (AvgIpc) is 2.68. The monoisotopic (exact) mass is 204 g/mol. The van der Waals surface area contributed by atoms with E-state index in [-0.39, 0.29) is 0 Å². The Morgan fingerprint density at radius 3 is 2.40 bits per heavy atom. The zero-order valence-electron chi connectivity index (χ0n) is 9.03. The van der Waals surface area contributed by atoms with Gasteiger partial charge in [0.15, 0.2) is 5.79 Å². The van der Waals surface area contributed by atoms with E-state index < -0.39 is 5.79 Å². The number of ether oxygens (including phenoxy) is 2. The standard InChI is InChI=1S/C13H16O2/c1-3-4-11-5-7-12(8-6-11)13(2)14-9-10-15-13/h3,5-8H,1,4,9-10H2,2H3. The van der Waals surface area contributed by atoms with Crippen molar-refractivity contribution >= 4 is 0 Å². The predicted molar refractivity (Wildman–Crippen MR) is 59.6 cm³/mol. The van der Waals surface area contributed by atoms with Crippen molar-refractivity contribution in [1.82, 2.24) is 0 Å². The maximum absolute atomic E-state index is 5.58. The summed E-state index contributed by atoms with van der Waals surface area (Å²) < 4.78 is 11.2. The van der Waals surface area contributed by atoms with Crippen molar-refractivity contribution in [3.05, 3.63) is 48.0 Å². The third-order valence-electron chi connectivity index (χ3n) is 2.70. The van der Waals surface area contributed by atoms with Gasteiger partial charge in [0.2, 0.25) is 0 Å². The fourth-order valence-corrected chi connectivity index (χ4v) is 1.79. The van der Waals surface area contributed by atoms with Gasteiger partial charge in [0.1, 0.15) is 0 Å². The highest BCUT2D eigenvalue weighted by molar-refractivity contribution is 5.27. The molecule has 0 saturated carbocycles. The number of hydrogen-bond acceptors (Lipinski definition) is 2. The van der Waals surface area contributed by atoms with Gasteiger partial charge in [-0.3, -0.25) is 0 Å². The van der Waals surface area contributed by atoms with E-state index in [1.54, 1.807) is 0 Å². The second-order valence-corrected chi connectivity index (χ2v) is 3.83.